The van der Waals surface area contributed by atoms with Gasteiger partial charge in [-0.05, 0) is 129 Å². The molecule has 0 saturated carbocycles. The summed E-state index contributed by atoms with van der Waals surface area (Å²) in [6.07, 6.45) is 6.97. The molecule has 2 heteroatoms. The van der Waals surface area contributed by atoms with Crippen molar-refractivity contribution < 1.29 is 0 Å². The van der Waals surface area contributed by atoms with Crippen molar-refractivity contribution in [1.29, 1.82) is 0 Å². The van der Waals surface area contributed by atoms with E-state index in [1.165, 1.54) is 77.5 Å². The Bertz CT molecular complexity index is 3130. The van der Waals surface area contributed by atoms with Crippen LogP contribution in [0.25, 0.3) is 55.3 Å². The number of nitrogens with zero attached hydrogens (tertiary/aromatic N) is 2. The predicted octanol–water partition coefficient (Wildman–Crippen LogP) is 14.4. The lowest BCUT2D eigenvalue weighted by atomic mass is 9.69. The van der Waals surface area contributed by atoms with E-state index in [9.17, 15) is 0 Å². The first-order valence-electron chi connectivity index (χ1n) is 20.1. The maximum Gasteiger partial charge on any atom is 0.0722 e. The first-order chi connectivity index (χ1) is 28.3. The standard InChI is InChI=1S/C55H38N2/c1-3-16-37(17-4-1)38-18-15-21-40(34-38)56(41-31-33-54-48(35-41)47-25-10-14-29-53(47)57(54)39-19-5-2-6-20-39)42-30-32-46-45-24-9-13-28-51(45)55(52(46)36-42)49-26-11-7-22-43(49)44-23-8-12-27-50(44)55/h1-7,9-22,24-36H,8,23H2. The molecule has 8 aromatic carbocycles. The largest absolute Gasteiger partial charge is 0.310 e. The van der Waals surface area contributed by atoms with E-state index in [0.29, 0.717) is 0 Å². The van der Waals surface area contributed by atoms with Crippen molar-refractivity contribution in [1.82, 2.24) is 4.57 Å². The van der Waals surface area contributed by atoms with Gasteiger partial charge in [-0.3, -0.25) is 0 Å². The van der Waals surface area contributed by atoms with Crippen molar-refractivity contribution in [3.8, 4) is 27.9 Å². The molecule has 12 rings (SSSR count). The normalized spacial score (nSPS) is 16.2. The van der Waals surface area contributed by atoms with Crippen molar-refractivity contribution in [2.75, 3.05) is 4.90 Å². The molecular formula is C55H38N2. The molecule has 3 aliphatic carbocycles. The van der Waals surface area contributed by atoms with Crippen LogP contribution < -0.4 is 4.90 Å². The van der Waals surface area contributed by atoms with Crippen LogP contribution in [0.2, 0.25) is 0 Å². The van der Waals surface area contributed by atoms with Gasteiger partial charge in [-0.2, -0.15) is 0 Å². The van der Waals surface area contributed by atoms with E-state index < -0.39 is 0 Å². The lowest BCUT2D eigenvalue weighted by Gasteiger charge is -2.33. The summed E-state index contributed by atoms with van der Waals surface area (Å²) in [6, 6.07) is 71.9. The second-order valence-electron chi connectivity index (χ2n) is 15.5. The first-order valence-corrected chi connectivity index (χ1v) is 20.1. The van der Waals surface area contributed by atoms with Gasteiger partial charge in [-0.25, -0.2) is 0 Å². The van der Waals surface area contributed by atoms with Gasteiger partial charge in [-0.1, -0.05) is 146 Å². The molecule has 0 fully saturated rings. The first kappa shape index (κ1) is 32.1. The molecule has 0 aliphatic heterocycles. The predicted molar refractivity (Wildman–Crippen MR) is 238 cm³/mol. The summed E-state index contributed by atoms with van der Waals surface area (Å²) in [5.41, 5.74) is 20.1. The molecular weight excluding hydrogens is 689 g/mol. The highest BCUT2D eigenvalue weighted by Crippen LogP contribution is 2.64. The molecule has 1 unspecified atom stereocenters. The van der Waals surface area contributed by atoms with Crippen LogP contribution in [-0.4, -0.2) is 4.57 Å². The Balaban J connectivity index is 1.12. The maximum absolute atomic E-state index is 2.51. The van der Waals surface area contributed by atoms with Crippen LogP contribution >= 0.6 is 0 Å². The molecule has 3 aliphatic rings. The van der Waals surface area contributed by atoms with Crippen LogP contribution in [-0.2, 0) is 5.41 Å². The Labute approximate surface area is 332 Å². The number of hydrogen-bond acceptors (Lipinski definition) is 1. The molecule has 2 nitrogen and oxygen atoms in total. The average molecular weight is 727 g/mol. The highest BCUT2D eigenvalue weighted by Gasteiger charge is 2.52. The van der Waals surface area contributed by atoms with Crippen molar-refractivity contribution >= 4 is 44.4 Å². The molecule has 1 aromatic heterocycles. The Morgan fingerprint density at radius 1 is 0.439 bits per heavy atom. The quantitative estimate of drug-likeness (QED) is 0.171. The minimum atomic E-state index is -0.380. The van der Waals surface area contributed by atoms with E-state index >= 15 is 0 Å². The van der Waals surface area contributed by atoms with Gasteiger partial charge in [0, 0.05) is 33.5 Å². The third-order valence-electron chi connectivity index (χ3n) is 12.7. The Hall–Kier alpha value is -7.16. The summed E-state index contributed by atoms with van der Waals surface area (Å²) in [5.74, 6) is 0. The highest BCUT2D eigenvalue weighted by molar-refractivity contribution is 6.11. The number of fused-ring (bicyclic) bond motifs is 12. The van der Waals surface area contributed by atoms with Gasteiger partial charge >= 0.3 is 0 Å². The molecule has 0 bridgehead atoms. The van der Waals surface area contributed by atoms with Crippen molar-refractivity contribution in [3.63, 3.8) is 0 Å². The molecule has 9 aromatic rings. The fourth-order valence-corrected chi connectivity index (χ4v) is 10.4. The van der Waals surface area contributed by atoms with Crippen molar-refractivity contribution in [3.05, 3.63) is 234 Å². The van der Waals surface area contributed by atoms with Gasteiger partial charge in [0.25, 0.3) is 0 Å². The van der Waals surface area contributed by atoms with E-state index in [-0.39, 0.29) is 5.41 Å². The van der Waals surface area contributed by atoms with E-state index in [2.05, 4.69) is 216 Å². The number of allylic oxidation sites excluding steroid dienone is 4. The van der Waals surface area contributed by atoms with Crippen LogP contribution in [0.15, 0.2) is 212 Å². The number of aromatic nitrogens is 1. The minimum absolute atomic E-state index is 0.380. The van der Waals surface area contributed by atoms with Gasteiger partial charge in [0.1, 0.15) is 0 Å². The number of anilines is 3. The van der Waals surface area contributed by atoms with Crippen LogP contribution in [0.4, 0.5) is 17.1 Å². The molecule has 1 heterocycles. The molecule has 0 amide bonds. The van der Waals surface area contributed by atoms with Crippen LogP contribution in [0.1, 0.15) is 35.1 Å². The zero-order valence-corrected chi connectivity index (χ0v) is 31.4. The van der Waals surface area contributed by atoms with Crippen LogP contribution in [0.3, 0.4) is 0 Å². The van der Waals surface area contributed by atoms with E-state index in [1.54, 1.807) is 0 Å². The summed E-state index contributed by atoms with van der Waals surface area (Å²) in [5, 5.41) is 2.47. The summed E-state index contributed by atoms with van der Waals surface area (Å²) >= 11 is 0. The smallest absolute Gasteiger partial charge is 0.0722 e. The van der Waals surface area contributed by atoms with Crippen LogP contribution in [0, 0.1) is 0 Å². The minimum Gasteiger partial charge on any atom is -0.310 e. The van der Waals surface area contributed by atoms with Crippen LogP contribution in [0.5, 0.6) is 0 Å². The molecule has 57 heavy (non-hydrogen) atoms. The average Bonchev–Trinajstić information content (AvgIpc) is 3.89. The van der Waals surface area contributed by atoms with Gasteiger partial charge in [0.05, 0.1) is 16.4 Å². The van der Waals surface area contributed by atoms with Gasteiger partial charge in [0.15, 0.2) is 0 Å². The molecule has 0 N–H and O–H groups in total. The zero-order chi connectivity index (χ0) is 37.5. The highest BCUT2D eigenvalue weighted by atomic mass is 15.1. The fourth-order valence-electron chi connectivity index (χ4n) is 10.4. The summed E-state index contributed by atoms with van der Waals surface area (Å²) < 4.78 is 2.39. The number of para-hydroxylation sites is 2. The van der Waals surface area contributed by atoms with E-state index in [0.717, 1.165) is 35.6 Å². The topological polar surface area (TPSA) is 8.17 Å². The Morgan fingerprint density at radius 2 is 1.07 bits per heavy atom. The third-order valence-corrected chi connectivity index (χ3v) is 12.7. The Kier molecular flexibility index (Phi) is 7.00. The lowest BCUT2D eigenvalue weighted by Crippen LogP contribution is -2.27. The molecule has 1 spiro atoms. The van der Waals surface area contributed by atoms with E-state index in [1.807, 2.05) is 0 Å². The number of hydrogen-bond donors (Lipinski definition) is 0. The second-order valence-corrected chi connectivity index (χ2v) is 15.5. The van der Waals surface area contributed by atoms with Gasteiger partial charge in [-0.15, -0.1) is 0 Å². The number of benzene rings is 8. The maximum atomic E-state index is 2.51. The number of rotatable bonds is 5. The lowest BCUT2D eigenvalue weighted by molar-refractivity contribution is 0.780. The molecule has 0 saturated heterocycles. The summed E-state index contributed by atoms with van der Waals surface area (Å²) in [6.45, 7) is 0. The SMILES string of the molecule is C1=CC2=C(CC1)c1ccccc1C21c2ccccc2-c2ccc(N(c3cccc(-c4ccccc4)c3)c3ccc4c(c3)c3ccccc3n4-c3ccccc3)cc21. The van der Waals surface area contributed by atoms with Gasteiger partial charge in [0.2, 0.25) is 0 Å². The van der Waals surface area contributed by atoms with E-state index in [4.69, 9.17) is 0 Å². The molecule has 0 radical (unpaired) electrons. The summed E-state index contributed by atoms with van der Waals surface area (Å²) in [4.78, 5) is 2.48. The third kappa shape index (κ3) is 4.59. The van der Waals surface area contributed by atoms with Gasteiger partial charge < -0.3 is 9.47 Å². The molecule has 268 valence electrons. The second kappa shape index (κ2) is 12.4. The summed E-state index contributed by atoms with van der Waals surface area (Å²) in [7, 11) is 0. The monoisotopic (exact) mass is 726 g/mol. The van der Waals surface area contributed by atoms with Crippen molar-refractivity contribution in [2.24, 2.45) is 0 Å². The Morgan fingerprint density at radius 3 is 1.93 bits per heavy atom. The zero-order valence-electron chi connectivity index (χ0n) is 31.4. The molecule has 1 atom stereocenters. The fraction of sp³-hybridized carbons (Fsp3) is 0.0545. The van der Waals surface area contributed by atoms with Crippen molar-refractivity contribution in [2.45, 2.75) is 18.3 Å².